The van der Waals surface area contributed by atoms with Crippen molar-refractivity contribution in [2.75, 3.05) is 39.9 Å². The van der Waals surface area contributed by atoms with Gasteiger partial charge in [-0.1, -0.05) is 0 Å². The summed E-state index contributed by atoms with van der Waals surface area (Å²) in [5.74, 6) is -0.162. The highest BCUT2D eigenvalue weighted by molar-refractivity contribution is 5.75. The molecule has 0 aromatic rings. The van der Waals surface area contributed by atoms with E-state index in [1.54, 1.807) is 11.9 Å². The van der Waals surface area contributed by atoms with E-state index in [2.05, 4.69) is 0 Å². The van der Waals surface area contributed by atoms with Gasteiger partial charge in [-0.3, -0.25) is 4.79 Å². The smallest absolute Gasteiger partial charge is 0.319 e. The van der Waals surface area contributed by atoms with Crippen molar-refractivity contribution in [2.45, 2.75) is 26.2 Å². The molecule has 2 amide bonds. The minimum absolute atomic E-state index is 0.0222. The van der Waals surface area contributed by atoms with E-state index in [1.165, 1.54) is 17.7 Å². The van der Waals surface area contributed by atoms with Crippen LogP contribution >= 0.6 is 0 Å². The molecular weight excluding hydrogens is 248 g/mol. The van der Waals surface area contributed by atoms with Crippen LogP contribution in [0.5, 0.6) is 0 Å². The van der Waals surface area contributed by atoms with Crippen LogP contribution in [0.4, 0.5) is 4.79 Å². The Hall–Kier alpha value is -1.30. The first-order valence-electron chi connectivity index (χ1n) is 6.84. The Morgan fingerprint density at radius 3 is 2.53 bits per heavy atom. The Morgan fingerprint density at radius 1 is 1.32 bits per heavy atom. The maximum atomic E-state index is 12.0. The van der Waals surface area contributed by atoms with Crippen molar-refractivity contribution in [1.29, 1.82) is 0 Å². The predicted molar refractivity (Wildman–Crippen MR) is 71.1 cm³/mol. The topological polar surface area (TPSA) is 70.1 Å². The molecule has 110 valence electrons. The number of carbonyl (C=O) groups excluding carboxylic acids is 1. The van der Waals surface area contributed by atoms with Crippen LogP contribution in [0.2, 0.25) is 0 Å². The normalized spacial score (nSPS) is 14.2. The van der Waals surface area contributed by atoms with Gasteiger partial charge in [0.2, 0.25) is 0 Å². The third-order valence-corrected chi connectivity index (χ3v) is 3.20. The lowest BCUT2D eigenvalue weighted by Crippen LogP contribution is -2.43. The van der Waals surface area contributed by atoms with Gasteiger partial charge in [0.05, 0.1) is 13.0 Å². The fraction of sp³-hybridized carbons (Fsp3) is 0.846. The summed E-state index contributed by atoms with van der Waals surface area (Å²) in [4.78, 5) is 25.7. The third kappa shape index (κ3) is 6.42. The number of likely N-dealkylation sites (N-methyl/N-ethyl adjacent to an activating group) is 1. The van der Waals surface area contributed by atoms with Crippen molar-refractivity contribution in [2.24, 2.45) is 5.92 Å². The average Bonchev–Trinajstić information content (AvgIpc) is 3.18. The summed E-state index contributed by atoms with van der Waals surface area (Å²) >= 11 is 0. The minimum Gasteiger partial charge on any atom is -0.481 e. The molecule has 0 spiro atoms. The van der Waals surface area contributed by atoms with E-state index in [-0.39, 0.29) is 19.0 Å². The van der Waals surface area contributed by atoms with Gasteiger partial charge in [0.15, 0.2) is 0 Å². The highest BCUT2D eigenvalue weighted by Crippen LogP contribution is 2.28. The van der Waals surface area contributed by atoms with Gasteiger partial charge in [0, 0.05) is 33.3 Å². The molecule has 0 heterocycles. The lowest BCUT2D eigenvalue weighted by molar-refractivity contribution is -0.137. The fourth-order valence-corrected chi connectivity index (χ4v) is 1.69. The number of hydrogen-bond donors (Lipinski definition) is 1. The zero-order valence-electron chi connectivity index (χ0n) is 11.8. The van der Waals surface area contributed by atoms with Gasteiger partial charge in [-0.05, 0) is 25.7 Å². The molecule has 1 aliphatic carbocycles. The van der Waals surface area contributed by atoms with Crippen LogP contribution in [-0.4, -0.2) is 66.8 Å². The first-order valence-corrected chi connectivity index (χ1v) is 6.84. The van der Waals surface area contributed by atoms with Gasteiger partial charge < -0.3 is 19.6 Å². The van der Waals surface area contributed by atoms with Crippen LogP contribution in [0.25, 0.3) is 0 Å². The number of carbonyl (C=O) groups is 2. The number of hydrogen-bond acceptors (Lipinski definition) is 3. The van der Waals surface area contributed by atoms with Crippen molar-refractivity contribution in [3.8, 4) is 0 Å². The van der Waals surface area contributed by atoms with Crippen LogP contribution < -0.4 is 0 Å². The average molecular weight is 272 g/mol. The number of urea groups is 1. The van der Waals surface area contributed by atoms with E-state index in [0.717, 1.165) is 12.5 Å². The Kier molecular flexibility index (Phi) is 6.62. The molecule has 1 N–H and O–H groups in total. The molecule has 19 heavy (non-hydrogen) atoms. The highest BCUT2D eigenvalue weighted by Gasteiger charge is 2.21. The molecule has 1 fully saturated rings. The Labute approximate surface area is 114 Å². The molecule has 0 aromatic carbocycles. The van der Waals surface area contributed by atoms with E-state index in [1.807, 2.05) is 6.92 Å². The highest BCUT2D eigenvalue weighted by atomic mass is 16.5. The van der Waals surface area contributed by atoms with Gasteiger partial charge >= 0.3 is 12.0 Å². The lowest BCUT2D eigenvalue weighted by atomic mass is 10.4. The number of aliphatic carboxylic acids is 1. The van der Waals surface area contributed by atoms with E-state index in [4.69, 9.17) is 9.84 Å². The molecule has 1 aliphatic rings. The summed E-state index contributed by atoms with van der Waals surface area (Å²) in [6.07, 6.45) is 2.49. The van der Waals surface area contributed by atoms with Crippen molar-refractivity contribution < 1.29 is 19.4 Å². The Bertz CT molecular complexity index is 305. The monoisotopic (exact) mass is 272 g/mol. The maximum absolute atomic E-state index is 12.0. The summed E-state index contributed by atoms with van der Waals surface area (Å²) in [6, 6.07) is -0.140. The van der Waals surface area contributed by atoms with E-state index in [9.17, 15) is 9.59 Å². The molecule has 0 aliphatic heterocycles. The summed E-state index contributed by atoms with van der Waals surface area (Å²) in [5.41, 5.74) is 0. The van der Waals surface area contributed by atoms with Gasteiger partial charge in [-0.2, -0.15) is 0 Å². The largest absolute Gasteiger partial charge is 0.481 e. The number of carboxylic acids is 1. The number of ether oxygens (including phenoxy) is 1. The molecule has 0 unspecified atom stereocenters. The van der Waals surface area contributed by atoms with Crippen LogP contribution in [0.15, 0.2) is 0 Å². The molecule has 6 heteroatoms. The van der Waals surface area contributed by atoms with Crippen LogP contribution in [0.3, 0.4) is 0 Å². The SMILES string of the molecule is CCN(CCC(=O)O)C(=O)N(C)CCOCC1CC1. The van der Waals surface area contributed by atoms with Gasteiger partial charge in [0.25, 0.3) is 0 Å². The van der Waals surface area contributed by atoms with Crippen molar-refractivity contribution in [1.82, 2.24) is 9.80 Å². The van der Waals surface area contributed by atoms with Gasteiger partial charge in [-0.15, -0.1) is 0 Å². The van der Waals surface area contributed by atoms with Crippen molar-refractivity contribution >= 4 is 12.0 Å². The molecule has 0 saturated heterocycles. The quantitative estimate of drug-likeness (QED) is 0.642. The van der Waals surface area contributed by atoms with E-state index < -0.39 is 5.97 Å². The van der Waals surface area contributed by atoms with E-state index >= 15 is 0 Å². The Balaban J connectivity index is 2.20. The van der Waals surface area contributed by atoms with Crippen molar-refractivity contribution in [3.63, 3.8) is 0 Å². The summed E-state index contributed by atoms with van der Waals surface area (Å²) in [5, 5.41) is 8.64. The molecular formula is C13H24N2O4. The number of amides is 2. The fourth-order valence-electron chi connectivity index (χ4n) is 1.69. The third-order valence-electron chi connectivity index (χ3n) is 3.20. The molecule has 0 atom stereocenters. The summed E-state index contributed by atoms with van der Waals surface area (Å²) in [6.45, 7) is 4.47. The number of nitrogens with zero attached hydrogens (tertiary/aromatic N) is 2. The molecule has 1 rings (SSSR count). The molecule has 0 bridgehead atoms. The zero-order valence-corrected chi connectivity index (χ0v) is 11.8. The summed E-state index contributed by atoms with van der Waals surface area (Å²) in [7, 11) is 1.71. The maximum Gasteiger partial charge on any atom is 0.319 e. The number of rotatable bonds is 9. The second-order valence-corrected chi connectivity index (χ2v) is 4.95. The van der Waals surface area contributed by atoms with Gasteiger partial charge in [0.1, 0.15) is 0 Å². The predicted octanol–water partition coefficient (Wildman–Crippen LogP) is 1.26. The lowest BCUT2D eigenvalue weighted by Gasteiger charge is -2.26. The zero-order chi connectivity index (χ0) is 14.3. The van der Waals surface area contributed by atoms with Crippen LogP contribution in [0, 0.1) is 5.92 Å². The molecule has 1 saturated carbocycles. The second-order valence-electron chi connectivity index (χ2n) is 4.95. The first-order chi connectivity index (χ1) is 9.04. The van der Waals surface area contributed by atoms with Crippen LogP contribution in [0.1, 0.15) is 26.2 Å². The minimum atomic E-state index is -0.887. The van der Waals surface area contributed by atoms with Crippen molar-refractivity contribution in [3.05, 3.63) is 0 Å². The van der Waals surface area contributed by atoms with Crippen LogP contribution in [-0.2, 0) is 9.53 Å². The van der Waals surface area contributed by atoms with Gasteiger partial charge in [-0.25, -0.2) is 4.79 Å². The summed E-state index contributed by atoms with van der Waals surface area (Å²) < 4.78 is 5.48. The molecule has 0 aromatic heterocycles. The standard InChI is InChI=1S/C13H24N2O4/c1-3-15(7-6-12(16)17)13(18)14(2)8-9-19-10-11-4-5-11/h11H,3-10H2,1-2H3,(H,16,17). The molecule has 0 radical (unpaired) electrons. The number of carboxylic acid groups (broad SMARTS) is 1. The Morgan fingerprint density at radius 2 is 2.00 bits per heavy atom. The van der Waals surface area contributed by atoms with E-state index in [0.29, 0.717) is 19.7 Å². The first kappa shape index (κ1) is 15.8. The molecule has 6 nitrogen and oxygen atoms in total. The second kappa shape index (κ2) is 7.99.